The topological polar surface area (TPSA) is 47.9 Å². The van der Waals surface area contributed by atoms with Gasteiger partial charge in [0.05, 0.1) is 33.0 Å². The molecule has 1 aromatic rings. The molecule has 0 aliphatic heterocycles. The molecule has 0 spiro atoms. The van der Waals surface area contributed by atoms with E-state index in [0.717, 1.165) is 16.7 Å². The van der Waals surface area contributed by atoms with Crippen molar-refractivity contribution in [3.63, 3.8) is 0 Å². The van der Waals surface area contributed by atoms with Gasteiger partial charge in [-0.25, -0.2) is 0 Å². The fraction of sp³-hybridized carbons (Fsp3) is 0.600. The maximum atomic E-state index is 10.0. The monoisotopic (exact) mass is 268 g/mol. The van der Waals surface area contributed by atoms with Crippen molar-refractivity contribution < 1.29 is 19.3 Å². The zero-order valence-electron chi connectivity index (χ0n) is 12.0. The lowest BCUT2D eigenvalue weighted by atomic mass is 10.0. The van der Waals surface area contributed by atoms with Crippen LogP contribution in [0.2, 0.25) is 0 Å². The number of ether oxygens (including phenoxy) is 3. The van der Waals surface area contributed by atoms with Gasteiger partial charge in [0, 0.05) is 7.11 Å². The van der Waals surface area contributed by atoms with E-state index in [-0.39, 0.29) is 6.61 Å². The molecule has 1 rings (SSSR count). The Hall–Kier alpha value is -0.940. The van der Waals surface area contributed by atoms with Gasteiger partial charge in [-0.2, -0.15) is 0 Å². The summed E-state index contributed by atoms with van der Waals surface area (Å²) in [7, 11) is 1.64. The van der Waals surface area contributed by atoms with Crippen LogP contribution in [0.3, 0.4) is 0 Å². The lowest BCUT2D eigenvalue weighted by Gasteiger charge is -2.13. The third kappa shape index (κ3) is 6.68. The Labute approximate surface area is 115 Å². The maximum Gasteiger partial charge on any atom is 0.102 e. The van der Waals surface area contributed by atoms with Crippen LogP contribution in [0.1, 0.15) is 22.8 Å². The standard InChI is InChI=1S/C15H24O4/c1-12-8-13(2)10-14(9-12)15(16)11-19-7-6-18-5-4-17-3/h8-10,15-16H,4-7,11H2,1-3H3. The molecular weight excluding hydrogens is 244 g/mol. The first kappa shape index (κ1) is 16.1. The van der Waals surface area contributed by atoms with Gasteiger partial charge < -0.3 is 19.3 Å². The highest BCUT2D eigenvalue weighted by Crippen LogP contribution is 2.17. The van der Waals surface area contributed by atoms with Gasteiger partial charge in [-0.05, 0) is 19.4 Å². The summed E-state index contributed by atoms with van der Waals surface area (Å²) in [6.07, 6.45) is -0.586. The van der Waals surface area contributed by atoms with E-state index in [0.29, 0.717) is 26.4 Å². The van der Waals surface area contributed by atoms with Gasteiger partial charge in [-0.3, -0.25) is 0 Å². The van der Waals surface area contributed by atoms with Gasteiger partial charge in [0.25, 0.3) is 0 Å². The molecule has 0 saturated carbocycles. The van der Waals surface area contributed by atoms with Gasteiger partial charge in [0.1, 0.15) is 6.10 Å². The minimum atomic E-state index is -0.586. The van der Waals surface area contributed by atoms with Crippen molar-refractivity contribution in [3.8, 4) is 0 Å². The first-order valence-electron chi connectivity index (χ1n) is 6.54. The molecule has 0 amide bonds. The average Bonchev–Trinajstić information content (AvgIpc) is 2.36. The first-order valence-corrected chi connectivity index (χ1v) is 6.54. The van der Waals surface area contributed by atoms with Crippen molar-refractivity contribution in [1.82, 2.24) is 0 Å². The van der Waals surface area contributed by atoms with Crippen molar-refractivity contribution in [2.75, 3.05) is 40.1 Å². The van der Waals surface area contributed by atoms with E-state index in [1.807, 2.05) is 26.0 Å². The zero-order valence-corrected chi connectivity index (χ0v) is 12.0. The zero-order chi connectivity index (χ0) is 14.1. The molecule has 0 fully saturated rings. The lowest BCUT2D eigenvalue weighted by molar-refractivity contribution is -0.00592. The van der Waals surface area contributed by atoms with Crippen LogP contribution in [0.15, 0.2) is 18.2 Å². The summed E-state index contributed by atoms with van der Waals surface area (Å²) < 4.78 is 15.5. The third-order valence-corrected chi connectivity index (χ3v) is 2.71. The van der Waals surface area contributed by atoms with Crippen LogP contribution in [-0.2, 0) is 14.2 Å². The average molecular weight is 268 g/mol. The highest BCUT2D eigenvalue weighted by Gasteiger charge is 2.08. The smallest absolute Gasteiger partial charge is 0.102 e. The summed E-state index contributed by atoms with van der Waals surface area (Å²) >= 11 is 0. The Morgan fingerprint density at radius 1 is 0.947 bits per heavy atom. The second-order valence-corrected chi connectivity index (χ2v) is 4.62. The number of methoxy groups -OCH3 is 1. The summed E-state index contributed by atoms with van der Waals surface area (Å²) in [6.45, 7) is 6.48. The molecule has 0 aromatic heterocycles. The Morgan fingerprint density at radius 3 is 2.16 bits per heavy atom. The van der Waals surface area contributed by atoms with Crippen LogP contribution in [0.5, 0.6) is 0 Å². The number of rotatable bonds is 9. The number of benzene rings is 1. The second-order valence-electron chi connectivity index (χ2n) is 4.62. The predicted molar refractivity (Wildman–Crippen MR) is 74.4 cm³/mol. The van der Waals surface area contributed by atoms with E-state index in [1.165, 1.54) is 0 Å². The van der Waals surface area contributed by atoms with Crippen molar-refractivity contribution >= 4 is 0 Å². The molecule has 0 saturated heterocycles. The molecule has 4 heteroatoms. The van der Waals surface area contributed by atoms with Gasteiger partial charge in [0.2, 0.25) is 0 Å². The first-order chi connectivity index (χ1) is 9.13. The van der Waals surface area contributed by atoms with E-state index in [9.17, 15) is 5.11 Å². The Bertz CT molecular complexity index is 345. The lowest BCUT2D eigenvalue weighted by Crippen LogP contribution is -2.12. The molecule has 4 nitrogen and oxygen atoms in total. The Balaban J connectivity index is 2.22. The second kappa shape index (κ2) is 9.04. The molecule has 0 radical (unpaired) electrons. The van der Waals surface area contributed by atoms with Crippen molar-refractivity contribution in [2.24, 2.45) is 0 Å². The molecule has 1 aromatic carbocycles. The molecule has 0 heterocycles. The predicted octanol–water partition coefficient (Wildman–Crippen LogP) is 2.02. The molecule has 1 atom stereocenters. The van der Waals surface area contributed by atoms with E-state index in [4.69, 9.17) is 14.2 Å². The minimum Gasteiger partial charge on any atom is -0.386 e. The van der Waals surface area contributed by atoms with Crippen LogP contribution in [0, 0.1) is 13.8 Å². The third-order valence-electron chi connectivity index (χ3n) is 2.71. The summed E-state index contributed by atoms with van der Waals surface area (Å²) in [6, 6.07) is 6.05. The normalized spacial score (nSPS) is 12.6. The highest BCUT2D eigenvalue weighted by molar-refractivity contribution is 5.29. The van der Waals surface area contributed by atoms with E-state index >= 15 is 0 Å². The van der Waals surface area contributed by atoms with Crippen LogP contribution < -0.4 is 0 Å². The Kier molecular flexibility index (Phi) is 7.67. The number of aryl methyl sites for hydroxylation is 2. The van der Waals surface area contributed by atoms with Crippen molar-refractivity contribution in [3.05, 3.63) is 34.9 Å². The molecule has 1 N–H and O–H groups in total. The number of aliphatic hydroxyl groups excluding tert-OH is 1. The van der Waals surface area contributed by atoms with Gasteiger partial charge in [-0.1, -0.05) is 29.3 Å². The van der Waals surface area contributed by atoms with Gasteiger partial charge >= 0.3 is 0 Å². The summed E-state index contributed by atoms with van der Waals surface area (Å²) in [5.74, 6) is 0. The molecule has 1 unspecified atom stereocenters. The molecular formula is C15H24O4. The van der Waals surface area contributed by atoms with Gasteiger partial charge in [0.15, 0.2) is 0 Å². The molecule has 108 valence electrons. The largest absolute Gasteiger partial charge is 0.386 e. The number of aliphatic hydroxyl groups is 1. The van der Waals surface area contributed by atoms with Crippen LogP contribution in [-0.4, -0.2) is 45.3 Å². The van der Waals surface area contributed by atoms with Crippen LogP contribution in [0.4, 0.5) is 0 Å². The van der Waals surface area contributed by atoms with Crippen molar-refractivity contribution in [2.45, 2.75) is 20.0 Å². The number of hydrogen-bond donors (Lipinski definition) is 1. The van der Waals surface area contributed by atoms with Gasteiger partial charge in [-0.15, -0.1) is 0 Å². The Morgan fingerprint density at radius 2 is 1.53 bits per heavy atom. The fourth-order valence-corrected chi connectivity index (χ4v) is 1.86. The summed E-state index contributed by atoms with van der Waals surface area (Å²) in [5, 5.41) is 10.0. The SMILES string of the molecule is COCCOCCOCC(O)c1cc(C)cc(C)c1. The quantitative estimate of drug-likeness (QED) is 0.696. The molecule has 19 heavy (non-hydrogen) atoms. The summed E-state index contributed by atoms with van der Waals surface area (Å²) in [4.78, 5) is 0. The summed E-state index contributed by atoms with van der Waals surface area (Å²) in [5.41, 5.74) is 3.20. The minimum absolute atomic E-state index is 0.288. The van der Waals surface area contributed by atoms with E-state index in [1.54, 1.807) is 7.11 Å². The number of hydrogen-bond acceptors (Lipinski definition) is 4. The van der Waals surface area contributed by atoms with E-state index in [2.05, 4.69) is 6.07 Å². The maximum absolute atomic E-state index is 10.0. The van der Waals surface area contributed by atoms with Crippen molar-refractivity contribution in [1.29, 1.82) is 0 Å². The van der Waals surface area contributed by atoms with Crippen LogP contribution >= 0.6 is 0 Å². The fourth-order valence-electron chi connectivity index (χ4n) is 1.86. The highest BCUT2D eigenvalue weighted by atomic mass is 16.5. The van der Waals surface area contributed by atoms with Crippen LogP contribution in [0.25, 0.3) is 0 Å². The molecule has 0 aliphatic carbocycles. The molecule has 0 aliphatic rings. The molecule has 0 bridgehead atoms. The van der Waals surface area contributed by atoms with E-state index < -0.39 is 6.10 Å².